The Hall–Kier alpha value is -1.01. The third kappa shape index (κ3) is 2.76. The summed E-state index contributed by atoms with van der Waals surface area (Å²) in [4.78, 5) is 11.6. The molecular weight excluding hydrogens is 224 g/mol. The average molecular weight is 240 g/mol. The van der Waals surface area contributed by atoms with Crippen molar-refractivity contribution < 1.29 is 4.79 Å². The Morgan fingerprint density at radius 1 is 1.50 bits per heavy atom. The molecule has 88 valence electrons. The first-order chi connectivity index (χ1) is 7.70. The van der Waals surface area contributed by atoms with Crippen LogP contribution < -0.4 is 11.1 Å². The molecule has 0 unspecified atom stereocenters. The van der Waals surface area contributed by atoms with Gasteiger partial charge in [0.15, 0.2) is 5.69 Å². The van der Waals surface area contributed by atoms with E-state index in [0.29, 0.717) is 12.2 Å². The Labute approximate surface area is 98.6 Å². The minimum atomic E-state index is -0.225. The van der Waals surface area contributed by atoms with Crippen molar-refractivity contribution >= 4 is 17.4 Å². The molecule has 1 fully saturated rings. The van der Waals surface area contributed by atoms with E-state index in [4.69, 9.17) is 5.73 Å². The van der Waals surface area contributed by atoms with Crippen LogP contribution in [0.4, 0.5) is 0 Å². The van der Waals surface area contributed by atoms with Gasteiger partial charge in [0.05, 0.1) is 0 Å². The maximum Gasteiger partial charge on any atom is 0.272 e. The van der Waals surface area contributed by atoms with Crippen LogP contribution in [0.3, 0.4) is 0 Å². The Morgan fingerprint density at radius 2 is 2.25 bits per heavy atom. The summed E-state index contributed by atoms with van der Waals surface area (Å²) in [6.45, 7) is 0.531. The molecule has 0 radical (unpaired) electrons. The Balaban J connectivity index is 1.84. The monoisotopic (exact) mass is 240 g/mol. The number of amides is 1. The van der Waals surface area contributed by atoms with E-state index in [-0.39, 0.29) is 11.4 Å². The summed E-state index contributed by atoms with van der Waals surface area (Å²) in [7, 11) is 0. The lowest BCUT2D eigenvalue weighted by molar-refractivity contribution is 0.0932. The van der Waals surface area contributed by atoms with E-state index >= 15 is 0 Å². The van der Waals surface area contributed by atoms with E-state index in [0.717, 1.165) is 25.7 Å². The highest BCUT2D eigenvalue weighted by Crippen LogP contribution is 2.25. The molecule has 3 N–H and O–H groups in total. The molecule has 5 nitrogen and oxygen atoms in total. The lowest BCUT2D eigenvalue weighted by atomic mass is 9.82. The standard InChI is InChI=1S/C10H16N4OS/c11-10(4-2-1-3-5-10)7-12-9(15)8-6-16-14-13-8/h6H,1-5,7,11H2,(H,12,15). The summed E-state index contributed by atoms with van der Waals surface area (Å²) in [5.41, 5.74) is 6.37. The normalized spacial score (nSPS) is 19.3. The lowest BCUT2D eigenvalue weighted by Gasteiger charge is -2.33. The van der Waals surface area contributed by atoms with Crippen LogP contribution in [-0.2, 0) is 0 Å². The van der Waals surface area contributed by atoms with Gasteiger partial charge in [-0.15, -0.1) is 5.10 Å². The molecule has 1 aliphatic carbocycles. The summed E-state index contributed by atoms with van der Waals surface area (Å²) in [6.07, 6.45) is 5.54. The smallest absolute Gasteiger partial charge is 0.272 e. The summed E-state index contributed by atoms with van der Waals surface area (Å²) in [5.74, 6) is -0.177. The van der Waals surface area contributed by atoms with Crippen molar-refractivity contribution in [3.05, 3.63) is 11.1 Å². The third-order valence-corrected chi connectivity index (χ3v) is 3.55. The van der Waals surface area contributed by atoms with Gasteiger partial charge in [-0.2, -0.15) is 0 Å². The summed E-state index contributed by atoms with van der Waals surface area (Å²) >= 11 is 1.18. The first-order valence-corrected chi connectivity index (χ1v) is 6.37. The number of rotatable bonds is 3. The van der Waals surface area contributed by atoms with Gasteiger partial charge in [0.25, 0.3) is 5.91 Å². The van der Waals surface area contributed by atoms with Crippen LogP contribution in [0.25, 0.3) is 0 Å². The maximum atomic E-state index is 11.6. The van der Waals surface area contributed by atoms with Crippen molar-refractivity contribution in [3.8, 4) is 0 Å². The molecule has 1 aromatic rings. The van der Waals surface area contributed by atoms with Crippen molar-refractivity contribution in [1.29, 1.82) is 0 Å². The van der Waals surface area contributed by atoms with Crippen molar-refractivity contribution in [2.24, 2.45) is 5.73 Å². The molecule has 2 rings (SSSR count). The quantitative estimate of drug-likeness (QED) is 0.823. The molecule has 6 heteroatoms. The van der Waals surface area contributed by atoms with Gasteiger partial charge in [0.1, 0.15) is 0 Å². The fraction of sp³-hybridized carbons (Fsp3) is 0.700. The van der Waals surface area contributed by atoms with Gasteiger partial charge in [-0.05, 0) is 24.4 Å². The number of nitrogens with one attached hydrogen (secondary N) is 1. The molecule has 0 aromatic carbocycles. The van der Waals surface area contributed by atoms with Crippen LogP contribution in [0.2, 0.25) is 0 Å². The highest BCUT2D eigenvalue weighted by Gasteiger charge is 2.28. The van der Waals surface area contributed by atoms with Gasteiger partial charge in [-0.1, -0.05) is 23.8 Å². The van der Waals surface area contributed by atoms with Gasteiger partial charge in [0.2, 0.25) is 0 Å². The molecule has 0 aliphatic heterocycles. The third-order valence-electron chi connectivity index (χ3n) is 3.04. The molecule has 0 bridgehead atoms. The average Bonchev–Trinajstić information content (AvgIpc) is 2.80. The second-order valence-electron chi connectivity index (χ2n) is 4.40. The predicted molar refractivity (Wildman–Crippen MR) is 62.2 cm³/mol. The van der Waals surface area contributed by atoms with Crippen LogP contribution >= 0.6 is 11.5 Å². The highest BCUT2D eigenvalue weighted by atomic mass is 32.1. The maximum absolute atomic E-state index is 11.6. The first kappa shape index (κ1) is 11.5. The zero-order valence-electron chi connectivity index (χ0n) is 9.11. The fourth-order valence-electron chi connectivity index (χ4n) is 2.04. The Bertz CT molecular complexity index is 346. The van der Waals surface area contributed by atoms with Gasteiger partial charge >= 0.3 is 0 Å². The zero-order valence-corrected chi connectivity index (χ0v) is 9.92. The van der Waals surface area contributed by atoms with Gasteiger partial charge < -0.3 is 11.1 Å². The van der Waals surface area contributed by atoms with Crippen molar-refractivity contribution in [2.45, 2.75) is 37.6 Å². The fourth-order valence-corrected chi connectivity index (χ4v) is 2.48. The molecule has 1 aliphatic rings. The highest BCUT2D eigenvalue weighted by molar-refractivity contribution is 7.03. The molecular formula is C10H16N4OS. The minimum absolute atomic E-state index is 0.177. The van der Waals surface area contributed by atoms with Crippen LogP contribution in [0.5, 0.6) is 0 Å². The van der Waals surface area contributed by atoms with Gasteiger partial charge in [0, 0.05) is 17.5 Å². The van der Waals surface area contributed by atoms with Crippen molar-refractivity contribution in [1.82, 2.24) is 14.9 Å². The predicted octanol–water partition coefficient (Wildman–Crippen LogP) is 0.929. The number of nitrogens with two attached hydrogens (primary N) is 1. The van der Waals surface area contributed by atoms with Crippen molar-refractivity contribution in [3.63, 3.8) is 0 Å². The van der Waals surface area contributed by atoms with E-state index in [1.165, 1.54) is 18.0 Å². The number of carbonyl (C=O) groups is 1. The topological polar surface area (TPSA) is 80.9 Å². The van der Waals surface area contributed by atoms with Gasteiger partial charge in [-0.3, -0.25) is 4.79 Å². The number of hydrogen-bond acceptors (Lipinski definition) is 5. The second-order valence-corrected chi connectivity index (χ2v) is 5.01. The zero-order chi connectivity index (χ0) is 11.4. The molecule has 1 saturated carbocycles. The summed E-state index contributed by atoms with van der Waals surface area (Å²) in [6, 6.07) is 0. The molecule has 0 atom stereocenters. The minimum Gasteiger partial charge on any atom is -0.349 e. The first-order valence-electron chi connectivity index (χ1n) is 5.54. The van der Waals surface area contributed by atoms with E-state index < -0.39 is 0 Å². The van der Waals surface area contributed by atoms with Crippen LogP contribution in [-0.4, -0.2) is 27.6 Å². The lowest BCUT2D eigenvalue weighted by Crippen LogP contribution is -2.51. The second kappa shape index (κ2) is 4.88. The summed E-state index contributed by atoms with van der Waals surface area (Å²) < 4.78 is 3.65. The number of aromatic nitrogens is 2. The summed E-state index contributed by atoms with van der Waals surface area (Å²) in [5, 5.41) is 8.19. The van der Waals surface area contributed by atoms with E-state index in [9.17, 15) is 4.79 Å². The molecule has 1 amide bonds. The Morgan fingerprint density at radius 3 is 2.88 bits per heavy atom. The number of nitrogens with zero attached hydrogens (tertiary/aromatic N) is 2. The van der Waals surface area contributed by atoms with E-state index in [1.54, 1.807) is 5.38 Å². The molecule has 1 aromatic heterocycles. The van der Waals surface area contributed by atoms with Crippen LogP contribution in [0.1, 0.15) is 42.6 Å². The van der Waals surface area contributed by atoms with E-state index in [1.807, 2.05) is 0 Å². The molecule has 0 saturated heterocycles. The van der Waals surface area contributed by atoms with Crippen LogP contribution in [0.15, 0.2) is 5.38 Å². The number of hydrogen-bond donors (Lipinski definition) is 2. The van der Waals surface area contributed by atoms with Gasteiger partial charge in [-0.25, -0.2) is 0 Å². The van der Waals surface area contributed by atoms with Crippen LogP contribution in [0, 0.1) is 0 Å². The molecule has 16 heavy (non-hydrogen) atoms. The largest absolute Gasteiger partial charge is 0.349 e. The molecule has 0 spiro atoms. The van der Waals surface area contributed by atoms with Crippen molar-refractivity contribution in [2.75, 3.05) is 6.54 Å². The number of carbonyl (C=O) groups excluding carboxylic acids is 1. The molecule has 1 heterocycles. The van der Waals surface area contributed by atoms with E-state index in [2.05, 4.69) is 14.9 Å². The Kier molecular flexibility index (Phi) is 3.50. The SMILES string of the molecule is NC1(CNC(=O)c2csnn2)CCCCC1.